The van der Waals surface area contributed by atoms with Crippen molar-refractivity contribution in [2.45, 2.75) is 25.7 Å². The maximum atomic E-state index is 12.2. The highest BCUT2D eigenvalue weighted by Crippen LogP contribution is 2.19. The molecule has 0 aromatic rings. The van der Waals surface area contributed by atoms with Gasteiger partial charge in [-0.1, -0.05) is 0 Å². The molecule has 2 rings (SSSR count). The maximum absolute atomic E-state index is 12.2. The smallest absolute Gasteiger partial charge is 0.307 e. The SMILES string of the molecule is O=C(O)C1CCCN(S(=O)(=O)NCC2CCCOC2)C1. The molecule has 2 aliphatic heterocycles. The van der Waals surface area contributed by atoms with Crippen molar-refractivity contribution in [3.05, 3.63) is 0 Å². The molecule has 0 aromatic carbocycles. The molecule has 2 heterocycles. The second kappa shape index (κ2) is 6.84. The molecular formula is C12H22N2O5S. The van der Waals surface area contributed by atoms with Crippen molar-refractivity contribution in [2.24, 2.45) is 11.8 Å². The molecule has 2 atom stereocenters. The van der Waals surface area contributed by atoms with Crippen molar-refractivity contribution in [2.75, 3.05) is 32.8 Å². The molecule has 8 heteroatoms. The molecule has 0 amide bonds. The fraction of sp³-hybridized carbons (Fsp3) is 0.917. The number of rotatable bonds is 5. The zero-order valence-electron chi connectivity index (χ0n) is 11.5. The predicted octanol–water partition coefficient (Wildman–Crippen LogP) is 0.0440. The zero-order valence-corrected chi connectivity index (χ0v) is 12.3. The van der Waals surface area contributed by atoms with E-state index >= 15 is 0 Å². The van der Waals surface area contributed by atoms with Gasteiger partial charge in [0.05, 0.1) is 12.5 Å². The molecule has 2 aliphatic rings. The van der Waals surface area contributed by atoms with Crippen LogP contribution >= 0.6 is 0 Å². The second-order valence-corrected chi connectivity index (χ2v) is 7.23. The summed E-state index contributed by atoms with van der Waals surface area (Å²) in [7, 11) is -3.58. The molecule has 0 radical (unpaired) electrons. The number of nitrogens with zero attached hydrogens (tertiary/aromatic N) is 1. The minimum Gasteiger partial charge on any atom is -0.481 e. The Balaban J connectivity index is 1.87. The summed E-state index contributed by atoms with van der Waals surface area (Å²) in [5, 5.41) is 9.00. The summed E-state index contributed by atoms with van der Waals surface area (Å²) in [6.07, 6.45) is 3.04. The lowest BCUT2D eigenvalue weighted by Gasteiger charge is -2.30. The first kappa shape index (κ1) is 15.7. The van der Waals surface area contributed by atoms with Gasteiger partial charge in [0.15, 0.2) is 0 Å². The van der Waals surface area contributed by atoms with Crippen LogP contribution in [0, 0.1) is 11.8 Å². The fourth-order valence-corrected chi connectivity index (χ4v) is 4.02. The standard InChI is InChI=1S/C12H22N2O5S/c15-12(16)11-4-1-5-14(8-11)20(17,18)13-7-10-3-2-6-19-9-10/h10-11,13H,1-9H2,(H,15,16). The Morgan fingerprint density at radius 3 is 2.80 bits per heavy atom. The number of ether oxygens (including phenoxy) is 1. The first-order valence-corrected chi connectivity index (χ1v) is 8.48. The van der Waals surface area contributed by atoms with Crippen molar-refractivity contribution in [1.82, 2.24) is 9.03 Å². The summed E-state index contributed by atoms with van der Waals surface area (Å²) in [5.74, 6) is -1.32. The van der Waals surface area contributed by atoms with Crippen molar-refractivity contribution in [1.29, 1.82) is 0 Å². The van der Waals surface area contributed by atoms with E-state index in [4.69, 9.17) is 9.84 Å². The minimum absolute atomic E-state index is 0.0613. The first-order chi connectivity index (χ1) is 9.49. The normalized spacial score (nSPS) is 29.2. The Morgan fingerprint density at radius 1 is 1.35 bits per heavy atom. The molecule has 2 fully saturated rings. The van der Waals surface area contributed by atoms with Gasteiger partial charge in [0.25, 0.3) is 10.2 Å². The average molecular weight is 306 g/mol. The monoisotopic (exact) mass is 306 g/mol. The number of hydrogen-bond acceptors (Lipinski definition) is 4. The Kier molecular flexibility index (Phi) is 5.36. The molecule has 0 aliphatic carbocycles. The van der Waals surface area contributed by atoms with Crippen LogP contribution in [0.1, 0.15) is 25.7 Å². The van der Waals surface area contributed by atoms with E-state index in [1.54, 1.807) is 0 Å². The molecule has 0 saturated carbocycles. The van der Waals surface area contributed by atoms with Crippen LogP contribution < -0.4 is 4.72 Å². The third-order valence-electron chi connectivity index (χ3n) is 3.88. The molecule has 0 bridgehead atoms. The Morgan fingerprint density at radius 2 is 2.15 bits per heavy atom. The minimum atomic E-state index is -3.58. The van der Waals surface area contributed by atoms with Crippen LogP contribution in [-0.2, 0) is 19.7 Å². The summed E-state index contributed by atoms with van der Waals surface area (Å²) >= 11 is 0. The van der Waals surface area contributed by atoms with E-state index in [1.165, 1.54) is 4.31 Å². The lowest BCUT2D eigenvalue weighted by Crippen LogP contribution is -2.48. The molecule has 2 unspecified atom stereocenters. The topological polar surface area (TPSA) is 95.9 Å². The van der Waals surface area contributed by atoms with Crippen LogP contribution in [-0.4, -0.2) is 56.6 Å². The van der Waals surface area contributed by atoms with E-state index in [9.17, 15) is 13.2 Å². The number of piperidine rings is 1. The number of carboxylic acids is 1. The summed E-state index contributed by atoms with van der Waals surface area (Å²) < 4.78 is 33.5. The van der Waals surface area contributed by atoms with Gasteiger partial charge in [-0.05, 0) is 31.6 Å². The molecule has 20 heavy (non-hydrogen) atoms. The predicted molar refractivity (Wildman–Crippen MR) is 72.4 cm³/mol. The molecule has 116 valence electrons. The molecule has 2 saturated heterocycles. The summed E-state index contributed by atoms with van der Waals surface area (Å²) in [4.78, 5) is 11.0. The van der Waals surface area contributed by atoms with Gasteiger partial charge in [-0.2, -0.15) is 12.7 Å². The van der Waals surface area contributed by atoms with Gasteiger partial charge in [0.2, 0.25) is 0 Å². The van der Waals surface area contributed by atoms with E-state index < -0.39 is 22.1 Å². The highest BCUT2D eigenvalue weighted by atomic mass is 32.2. The van der Waals surface area contributed by atoms with E-state index in [-0.39, 0.29) is 12.5 Å². The van der Waals surface area contributed by atoms with Crippen molar-refractivity contribution in [3.63, 3.8) is 0 Å². The van der Waals surface area contributed by atoms with Gasteiger partial charge in [0.1, 0.15) is 0 Å². The van der Waals surface area contributed by atoms with Gasteiger partial charge >= 0.3 is 5.97 Å². The highest BCUT2D eigenvalue weighted by Gasteiger charge is 2.32. The quantitative estimate of drug-likeness (QED) is 0.748. The van der Waals surface area contributed by atoms with Gasteiger partial charge in [0, 0.05) is 26.2 Å². The number of nitrogens with one attached hydrogen (secondary N) is 1. The van der Waals surface area contributed by atoms with Crippen LogP contribution in [0.5, 0.6) is 0 Å². The highest BCUT2D eigenvalue weighted by molar-refractivity contribution is 7.87. The Bertz CT molecular complexity index is 433. The van der Waals surface area contributed by atoms with Gasteiger partial charge in [-0.25, -0.2) is 4.72 Å². The van der Waals surface area contributed by atoms with Gasteiger partial charge in [-0.3, -0.25) is 4.79 Å². The number of carbonyl (C=O) groups is 1. The van der Waals surface area contributed by atoms with Crippen molar-refractivity contribution < 1.29 is 23.1 Å². The summed E-state index contributed by atoms with van der Waals surface area (Å²) in [6.45, 7) is 2.14. The van der Waals surface area contributed by atoms with E-state index in [0.29, 0.717) is 32.5 Å². The number of carboxylic acid groups (broad SMARTS) is 1. The van der Waals surface area contributed by atoms with E-state index in [1.807, 2.05) is 0 Å². The van der Waals surface area contributed by atoms with Crippen LogP contribution in [0.4, 0.5) is 0 Å². The third-order valence-corrected chi connectivity index (χ3v) is 5.43. The number of hydrogen-bond donors (Lipinski definition) is 2. The lowest BCUT2D eigenvalue weighted by atomic mass is 10.0. The van der Waals surface area contributed by atoms with E-state index in [2.05, 4.69) is 4.72 Å². The first-order valence-electron chi connectivity index (χ1n) is 7.04. The molecule has 7 nitrogen and oxygen atoms in total. The van der Waals surface area contributed by atoms with E-state index in [0.717, 1.165) is 19.4 Å². The molecule has 2 N–H and O–H groups in total. The zero-order chi connectivity index (χ0) is 14.6. The third kappa shape index (κ3) is 4.15. The molecule has 0 spiro atoms. The van der Waals surface area contributed by atoms with Crippen LogP contribution in [0.3, 0.4) is 0 Å². The molecular weight excluding hydrogens is 284 g/mol. The summed E-state index contributed by atoms with van der Waals surface area (Å²) in [5.41, 5.74) is 0. The Hall–Kier alpha value is -0.700. The van der Waals surface area contributed by atoms with Crippen LogP contribution in [0.15, 0.2) is 0 Å². The van der Waals surface area contributed by atoms with Gasteiger partial charge in [-0.15, -0.1) is 0 Å². The van der Waals surface area contributed by atoms with Crippen molar-refractivity contribution >= 4 is 16.2 Å². The Labute approximate surface area is 119 Å². The largest absolute Gasteiger partial charge is 0.481 e. The van der Waals surface area contributed by atoms with Gasteiger partial charge < -0.3 is 9.84 Å². The van der Waals surface area contributed by atoms with Crippen LogP contribution in [0.2, 0.25) is 0 Å². The maximum Gasteiger partial charge on any atom is 0.307 e. The molecule has 0 aromatic heterocycles. The van der Waals surface area contributed by atoms with Crippen LogP contribution in [0.25, 0.3) is 0 Å². The second-order valence-electron chi connectivity index (χ2n) is 5.47. The summed E-state index contributed by atoms with van der Waals surface area (Å²) in [6, 6.07) is 0. The fourth-order valence-electron chi connectivity index (χ4n) is 2.65. The van der Waals surface area contributed by atoms with Crippen molar-refractivity contribution in [3.8, 4) is 0 Å². The number of aliphatic carboxylic acids is 1. The lowest BCUT2D eigenvalue weighted by molar-refractivity contribution is -0.142. The average Bonchev–Trinajstić information content (AvgIpc) is 2.46.